The second-order valence-corrected chi connectivity index (χ2v) is 32.2. The molecule has 1 aliphatic rings. The maximum atomic E-state index is 15.6. The van der Waals surface area contributed by atoms with E-state index in [-0.39, 0.29) is 84.6 Å². The third-order valence-corrected chi connectivity index (χ3v) is 20.2. The second-order valence-electron chi connectivity index (χ2n) is 32.2. The van der Waals surface area contributed by atoms with Crippen LogP contribution >= 0.6 is 0 Å². The molecule has 1 saturated heterocycles. The Balaban J connectivity index is 2.33. The van der Waals surface area contributed by atoms with Gasteiger partial charge in [0.05, 0.1) is 23.7 Å². The van der Waals surface area contributed by atoms with Crippen LogP contribution in [-0.2, 0) is 78.3 Å². The monoisotopic (exact) mass is 1580 g/mol. The number of aliphatic hydroxyl groups excluding tert-OH is 1. The van der Waals surface area contributed by atoms with Gasteiger partial charge in [0.1, 0.15) is 78.3 Å². The molecule has 35 heteroatoms. The summed E-state index contributed by atoms with van der Waals surface area (Å²) in [5, 5.41) is 56.5. The molecular formula is C77H125N15O20. The second kappa shape index (κ2) is 43.3. The van der Waals surface area contributed by atoms with Crippen molar-refractivity contribution in [1.82, 2.24) is 76.2 Å². The van der Waals surface area contributed by atoms with Crippen LogP contribution in [0.3, 0.4) is 0 Å². The van der Waals surface area contributed by atoms with E-state index in [2.05, 4.69) is 41.9 Å². The fourth-order valence-corrected chi connectivity index (χ4v) is 13.5. The predicted molar refractivity (Wildman–Crippen MR) is 413 cm³/mol. The number of nitrogens with one attached hydrogen (secondary N) is 7. The first-order valence-corrected chi connectivity index (χ1v) is 38.4. The number of imidazole rings is 1. The Morgan fingerprint density at radius 1 is 0.509 bits per heavy atom. The van der Waals surface area contributed by atoms with Gasteiger partial charge in [-0.3, -0.25) is 71.9 Å². The predicted octanol–water partition coefficient (Wildman–Crippen LogP) is 1.82. The minimum atomic E-state index is -1.90. The van der Waals surface area contributed by atoms with Crippen molar-refractivity contribution in [3.63, 3.8) is 0 Å². The number of aliphatic hydroxyl groups is 1. The van der Waals surface area contributed by atoms with Gasteiger partial charge in [-0.25, -0.2) is 9.78 Å². The molecule has 3 rings (SSSR count). The van der Waals surface area contributed by atoms with Crippen molar-refractivity contribution in [2.75, 3.05) is 55.9 Å². The number of benzene rings is 1. The van der Waals surface area contributed by atoms with Gasteiger partial charge in [0, 0.05) is 74.2 Å². The van der Waals surface area contributed by atoms with E-state index in [0.29, 0.717) is 0 Å². The Kier molecular flexibility index (Phi) is 37.2. The molecule has 11 N–H and O–H groups in total. The van der Waals surface area contributed by atoms with E-state index in [0.717, 1.165) is 19.6 Å². The quantitative estimate of drug-likeness (QED) is 0.0640. The number of carboxylic acid groups (broad SMARTS) is 3. The highest BCUT2D eigenvalue weighted by Gasteiger charge is 2.46. The molecule has 2 aromatic rings. The number of carboxylic acids is 3. The molecule has 628 valence electrons. The Hall–Kier alpha value is -9.83. The van der Waals surface area contributed by atoms with E-state index in [1.807, 2.05) is 55.4 Å². The number of aromatic amines is 1. The number of nitrogens with zero attached hydrogens (tertiary/aromatic N) is 8. The zero-order valence-corrected chi connectivity index (χ0v) is 69.5. The molecule has 0 aliphatic carbocycles. The Morgan fingerprint density at radius 3 is 1.46 bits per heavy atom. The van der Waals surface area contributed by atoms with Crippen molar-refractivity contribution in [1.29, 1.82) is 0 Å². The molecule has 1 aromatic carbocycles. The third-order valence-electron chi connectivity index (χ3n) is 20.2. The van der Waals surface area contributed by atoms with Crippen LogP contribution in [0.2, 0.25) is 0 Å². The van der Waals surface area contributed by atoms with Crippen molar-refractivity contribution in [3.8, 4) is 0 Å². The average Bonchev–Trinajstić information content (AvgIpc) is 1.14. The van der Waals surface area contributed by atoms with E-state index in [1.54, 1.807) is 34.6 Å². The van der Waals surface area contributed by atoms with Crippen molar-refractivity contribution in [3.05, 3.63) is 29.6 Å². The summed E-state index contributed by atoms with van der Waals surface area (Å²) in [6.07, 6.45) is -4.13. The van der Waals surface area contributed by atoms with Crippen LogP contribution in [0.5, 0.6) is 0 Å². The minimum absolute atomic E-state index is 0.0413. The smallest absolute Gasteiger partial charge is 0.326 e. The summed E-state index contributed by atoms with van der Waals surface area (Å²) in [6, 6.07) is -12.8. The third kappa shape index (κ3) is 27.0. The first-order chi connectivity index (χ1) is 51.9. The SMILES string of the molecule is CC[C@@H]1NC(=O)[C@H]([C@H](O)[C@H](C)Cc2nc3ccc(C(=O)NC(CCC(=O)O)C(=O)NC(CCC(=O)O)C(=O)O)cc3[nH]2)N(C)C(=O)[C@H](C(C)C)N(C)C(=O)[C@H](CC(C)C)N(C)C(=O)[C@H](CC(C)C)N(C)C(=O)[C@@H](C)NC(=O)[C@H](C)NC(=O)[C@H](CC(C)C)N(C)C(=O)[C@H](C(C)C)NC(=O)[C@H](CC(C)C)N(C)C(=O)CN(C)C1=O. The molecule has 1 aromatic heterocycles. The van der Waals surface area contributed by atoms with E-state index in [1.165, 1.54) is 103 Å². The number of H-pyrrole nitrogens is 1. The molecule has 1 aliphatic heterocycles. The van der Waals surface area contributed by atoms with Crippen LogP contribution in [0.25, 0.3) is 11.0 Å². The van der Waals surface area contributed by atoms with Crippen molar-refractivity contribution in [2.45, 2.75) is 254 Å². The van der Waals surface area contributed by atoms with Crippen LogP contribution < -0.4 is 31.9 Å². The highest BCUT2D eigenvalue weighted by atomic mass is 16.4. The average molecular weight is 1580 g/mol. The number of hydrogen-bond donors (Lipinski definition) is 11. The van der Waals surface area contributed by atoms with Gasteiger partial charge in [0.2, 0.25) is 70.9 Å². The Labute approximate surface area is 656 Å². The van der Waals surface area contributed by atoms with Crippen molar-refractivity contribution in [2.24, 2.45) is 41.4 Å². The van der Waals surface area contributed by atoms with E-state index < -0.39 is 223 Å². The van der Waals surface area contributed by atoms with Crippen LogP contribution in [0.1, 0.15) is 185 Å². The van der Waals surface area contributed by atoms with Gasteiger partial charge in [-0.05, 0) is 118 Å². The minimum Gasteiger partial charge on any atom is -0.481 e. The number of amides is 13. The van der Waals surface area contributed by atoms with Crippen LogP contribution in [0.4, 0.5) is 0 Å². The summed E-state index contributed by atoms with van der Waals surface area (Å²) in [4.78, 5) is 241. The number of rotatable bonds is 26. The summed E-state index contributed by atoms with van der Waals surface area (Å²) in [7, 11) is 9.45. The summed E-state index contributed by atoms with van der Waals surface area (Å²) >= 11 is 0. The Morgan fingerprint density at radius 2 is 0.973 bits per heavy atom. The molecule has 0 saturated carbocycles. The van der Waals surface area contributed by atoms with Crippen LogP contribution in [0.15, 0.2) is 18.2 Å². The van der Waals surface area contributed by atoms with Gasteiger partial charge in [0.25, 0.3) is 5.91 Å². The van der Waals surface area contributed by atoms with Gasteiger partial charge >= 0.3 is 17.9 Å². The van der Waals surface area contributed by atoms with Gasteiger partial charge in [-0.1, -0.05) is 96.9 Å². The van der Waals surface area contributed by atoms with Crippen LogP contribution in [0, 0.1) is 41.4 Å². The molecule has 2 heterocycles. The van der Waals surface area contributed by atoms with Gasteiger partial charge in [0.15, 0.2) is 0 Å². The van der Waals surface area contributed by atoms with Crippen molar-refractivity contribution < 1.29 is 97.1 Å². The first-order valence-electron chi connectivity index (χ1n) is 38.4. The number of aromatic nitrogens is 2. The molecule has 14 atom stereocenters. The Bertz CT molecular complexity index is 3690. The lowest BCUT2D eigenvalue weighted by Gasteiger charge is -2.41. The van der Waals surface area contributed by atoms with Crippen LogP contribution in [-0.4, -0.2) is 294 Å². The maximum Gasteiger partial charge on any atom is 0.326 e. The zero-order valence-electron chi connectivity index (χ0n) is 69.5. The molecule has 112 heavy (non-hydrogen) atoms. The maximum absolute atomic E-state index is 15.6. The normalized spacial score (nSPS) is 23.6. The van der Waals surface area contributed by atoms with E-state index in [9.17, 15) is 72.9 Å². The summed E-state index contributed by atoms with van der Waals surface area (Å²) in [6.45, 7) is 26.5. The van der Waals surface area contributed by atoms with Gasteiger partial charge in [-0.15, -0.1) is 0 Å². The molecule has 0 bridgehead atoms. The highest BCUT2D eigenvalue weighted by Crippen LogP contribution is 2.27. The number of aliphatic carboxylic acids is 3. The molecule has 35 nitrogen and oxygen atoms in total. The lowest BCUT2D eigenvalue weighted by molar-refractivity contribution is -0.157. The lowest BCUT2D eigenvalue weighted by atomic mass is 9.91. The summed E-state index contributed by atoms with van der Waals surface area (Å²) < 4.78 is 0. The molecule has 0 radical (unpaired) electrons. The molecular weight excluding hydrogens is 1450 g/mol. The zero-order chi connectivity index (χ0) is 85.7. The fraction of sp³-hybridized carbons (Fsp3) is 0.701. The molecule has 0 spiro atoms. The van der Waals surface area contributed by atoms with E-state index >= 15 is 19.2 Å². The number of carbonyl (C=O) groups is 16. The first kappa shape index (κ1) is 96.4. The van der Waals surface area contributed by atoms with Gasteiger partial charge < -0.3 is 91.6 Å². The van der Waals surface area contributed by atoms with Crippen molar-refractivity contribution >= 4 is 106 Å². The lowest BCUT2D eigenvalue weighted by Crippen LogP contribution is -2.63. The number of likely N-dealkylation sites (N-methyl/N-ethyl adjacent to an activating group) is 7. The largest absolute Gasteiger partial charge is 0.481 e. The summed E-state index contributed by atoms with van der Waals surface area (Å²) in [5.74, 6) is -17.8. The standard InChI is InChI=1S/C77H125N15O20/c1-24-48-72(106)86(17)37-58(93)87(18)53(31-38(2)3)69(103)85-61(42(10)11)75(109)88(19)54(32-39(4)5)68(102)78-45(15)65(99)79-46(16)71(105)89(20)55(33-40(6)7)73(107)90(21)56(34-41(8)9)74(108)91(22)62(43(12)13)76(110)92(23)63(70(104)82-48)64(98)44(14)35-57-80-49-26-25-47(36-52(49)81-57)66(100)83-50(27-29-59(94)95)67(101)84-51(77(111)112)28-30-60(96)97/h25-26,36,38-46,48,50-51,53-56,61-64,98H,24,27-35,37H2,1-23H3,(H,78,102)(H,79,99)(H,80,81)(H,82,104)(H,83,100)(H,84,101)(H,85,103)(H,94,95)(H,96,97)(H,111,112)/t44-,45+,46-,48+,50?,51?,53+,54+,55+,56+,61+,62+,63+,64-/m1/s1. The number of carbonyl (C=O) groups excluding carboxylic acids is 13. The van der Waals surface area contributed by atoms with Gasteiger partial charge in [-0.2, -0.15) is 0 Å². The van der Waals surface area contributed by atoms with E-state index in [4.69, 9.17) is 5.11 Å². The topological polar surface area (TPSA) is 478 Å². The molecule has 13 amide bonds. The molecule has 1 fully saturated rings. The molecule has 2 unspecified atom stereocenters. The highest BCUT2D eigenvalue weighted by molar-refractivity contribution is 6.02. The summed E-state index contributed by atoms with van der Waals surface area (Å²) in [5.41, 5.74) is 0.405. The number of hydrogen-bond acceptors (Lipinski definition) is 18. The fourth-order valence-electron chi connectivity index (χ4n) is 13.5. The number of fused-ring (bicyclic) bond motifs is 1.